The molecule has 0 bridgehead atoms. The average Bonchev–Trinajstić information content (AvgIpc) is 2.92. The maximum Gasteiger partial charge on any atom is 0.146 e. The molecule has 7 heteroatoms. The highest BCUT2D eigenvalue weighted by molar-refractivity contribution is 6.31. The summed E-state index contributed by atoms with van der Waals surface area (Å²) in [6.45, 7) is 1.26. The third-order valence-electron chi connectivity index (χ3n) is 6.05. The molecule has 0 saturated carbocycles. The van der Waals surface area contributed by atoms with E-state index in [1.807, 2.05) is 54.6 Å². The van der Waals surface area contributed by atoms with Crippen LogP contribution in [0.15, 0.2) is 96.2 Å². The molecule has 2 N–H and O–H groups in total. The van der Waals surface area contributed by atoms with E-state index in [1.54, 1.807) is 18.3 Å². The number of aromatic nitrogens is 3. The van der Waals surface area contributed by atoms with Gasteiger partial charge < -0.3 is 10.6 Å². The number of fused-ring (bicyclic) bond motifs is 1. The van der Waals surface area contributed by atoms with E-state index in [1.165, 1.54) is 0 Å². The van der Waals surface area contributed by atoms with Crippen LogP contribution < -0.4 is 10.6 Å². The fourth-order valence-corrected chi connectivity index (χ4v) is 4.35. The van der Waals surface area contributed by atoms with Gasteiger partial charge in [0, 0.05) is 29.7 Å². The minimum atomic E-state index is -0.509. The second kappa shape index (κ2) is 9.96. The van der Waals surface area contributed by atoms with E-state index >= 15 is 0 Å². The Kier molecular flexibility index (Phi) is 6.42. The Morgan fingerprint density at radius 1 is 0.943 bits per heavy atom. The molecule has 2 aromatic heterocycles. The predicted molar refractivity (Wildman–Crippen MR) is 140 cm³/mol. The standard InChI is InChI=1S/C28H23ClN6/c29-22-12-14-28(15-13-22,21-6-2-1-3-7-21)27-34-24-9-5-4-8-23(24)26(35-27)32-17-16-31-25-11-10-20(18-30)19-33-25/h1-14,19H,15-17H2,(H,31,33)(H,32,34,35). The fraction of sp³-hybridized carbons (Fsp3) is 0.143. The molecule has 1 aliphatic rings. The van der Waals surface area contributed by atoms with Crippen molar-refractivity contribution in [2.75, 3.05) is 23.7 Å². The van der Waals surface area contributed by atoms with Crippen LogP contribution in [0.25, 0.3) is 10.9 Å². The number of halogens is 1. The number of benzene rings is 2. The first-order chi connectivity index (χ1) is 17.2. The summed E-state index contributed by atoms with van der Waals surface area (Å²) in [6.07, 6.45) is 8.29. The molecular formula is C28H23ClN6. The monoisotopic (exact) mass is 478 g/mol. The third-order valence-corrected chi connectivity index (χ3v) is 6.33. The molecule has 0 radical (unpaired) electrons. The van der Waals surface area contributed by atoms with Gasteiger partial charge >= 0.3 is 0 Å². The van der Waals surface area contributed by atoms with E-state index in [0.717, 1.165) is 39.0 Å². The van der Waals surface area contributed by atoms with Crippen molar-refractivity contribution in [3.8, 4) is 6.07 Å². The molecule has 6 nitrogen and oxygen atoms in total. The van der Waals surface area contributed by atoms with Crippen molar-refractivity contribution in [3.63, 3.8) is 0 Å². The van der Waals surface area contributed by atoms with Gasteiger partial charge in [0.25, 0.3) is 0 Å². The summed E-state index contributed by atoms with van der Waals surface area (Å²) in [6, 6.07) is 23.9. The number of allylic oxidation sites excluding steroid dienone is 4. The number of nitrogens with one attached hydrogen (secondary N) is 2. The summed E-state index contributed by atoms with van der Waals surface area (Å²) in [5.41, 5.74) is 2.02. The molecule has 1 aliphatic carbocycles. The Morgan fingerprint density at radius 3 is 2.49 bits per heavy atom. The number of pyridine rings is 1. The maximum atomic E-state index is 8.93. The Morgan fingerprint density at radius 2 is 1.74 bits per heavy atom. The zero-order chi connectivity index (χ0) is 24.1. The van der Waals surface area contributed by atoms with Gasteiger partial charge in [-0.05, 0) is 42.3 Å². The molecule has 5 rings (SSSR count). The lowest BCUT2D eigenvalue weighted by Crippen LogP contribution is -2.29. The highest BCUT2D eigenvalue weighted by Gasteiger charge is 2.36. The van der Waals surface area contributed by atoms with Crippen molar-refractivity contribution in [2.45, 2.75) is 11.8 Å². The lowest BCUT2D eigenvalue weighted by atomic mass is 9.74. The summed E-state index contributed by atoms with van der Waals surface area (Å²) in [5, 5.41) is 17.4. The fourth-order valence-electron chi connectivity index (χ4n) is 4.21. The van der Waals surface area contributed by atoms with Gasteiger partial charge in [-0.3, -0.25) is 0 Å². The van der Waals surface area contributed by atoms with Gasteiger partial charge in [0.05, 0.1) is 16.5 Å². The predicted octanol–water partition coefficient (Wildman–Crippen LogP) is 5.79. The second-order valence-electron chi connectivity index (χ2n) is 8.27. The molecule has 2 heterocycles. The normalized spacial score (nSPS) is 17.0. The first-order valence-corrected chi connectivity index (χ1v) is 11.8. The Bertz CT molecular complexity index is 1440. The van der Waals surface area contributed by atoms with Gasteiger partial charge in [-0.25, -0.2) is 15.0 Å². The molecule has 1 unspecified atom stereocenters. The minimum absolute atomic E-state index is 0.509. The molecule has 0 amide bonds. The van der Waals surface area contributed by atoms with Crippen molar-refractivity contribution >= 4 is 34.1 Å². The Hall–Kier alpha value is -4.21. The number of hydrogen-bond acceptors (Lipinski definition) is 6. The van der Waals surface area contributed by atoms with Crippen molar-refractivity contribution < 1.29 is 0 Å². The van der Waals surface area contributed by atoms with Crippen molar-refractivity contribution in [1.29, 1.82) is 5.26 Å². The smallest absolute Gasteiger partial charge is 0.146 e. The molecule has 0 saturated heterocycles. The summed E-state index contributed by atoms with van der Waals surface area (Å²) in [7, 11) is 0. The van der Waals surface area contributed by atoms with Crippen LogP contribution >= 0.6 is 11.6 Å². The zero-order valence-corrected chi connectivity index (χ0v) is 19.7. The van der Waals surface area contributed by atoms with Crippen LogP contribution in [0.4, 0.5) is 11.6 Å². The van der Waals surface area contributed by atoms with Crippen LogP contribution in [-0.2, 0) is 5.41 Å². The number of anilines is 2. The van der Waals surface area contributed by atoms with E-state index in [0.29, 0.717) is 25.1 Å². The van der Waals surface area contributed by atoms with Gasteiger partial charge in [-0.1, -0.05) is 66.2 Å². The van der Waals surface area contributed by atoms with Crippen LogP contribution in [0.3, 0.4) is 0 Å². The highest BCUT2D eigenvalue weighted by Crippen LogP contribution is 2.40. The third kappa shape index (κ3) is 4.72. The minimum Gasteiger partial charge on any atom is -0.368 e. The van der Waals surface area contributed by atoms with E-state index < -0.39 is 5.41 Å². The number of nitriles is 1. The van der Waals surface area contributed by atoms with Gasteiger partial charge in [-0.15, -0.1) is 0 Å². The van der Waals surface area contributed by atoms with E-state index in [-0.39, 0.29) is 0 Å². The summed E-state index contributed by atoms with van der Waals surface area (Å²) in [5.74, 6) is 2.23. The lowest BCUT2D eigenvalue weighted by Gasteiger charge is -2.31. The summed E-state index contributed by atoms with van der Waals surface area (Å²) < 4.78 is 0. The van der Waals surface area contributed by atoms with E-state index in [9.17, 15) is 0 Å². The highest BCUT2D eigenvalue weighted by atomic mass is 35.5. The molecule has 35 heavy (non-hydrogen) atoms. The Balaban J connectivity index is 1.45. The topological polar surface area (TPSA) is 86.5 Å². The van der Waals surface area contributed by atoms with E-state index in [4.69, 9.17) is 26.8 Å². The Labute approximate surface area is 209 Å². The van der Waals surface area contributed by atoms with Gasteiger partial charge in [0.2, 0.25) is 0 Å². The van der Waals surface area contributed by atoms with Gasteiger partial charge in [0.15, 0.2) is 0 Å². The zero-order valence-electron chi connectivity index (χ0n) is 18.9. The first-order valence-electron chi connectivity index (χ1n) is 11.4. The first kappa shape index (κ1) is 22.6. The molecule has 0 spiro atoms. The molecule has 0 aliphatic heterocycles. The number of nitrogens with zero attached hydrogens (tertiary/aromatic N) is 4. The molecule has 0 fully saturated rings. The molecule has 172 valence electrons. The summed E-state index contributed by atoms with van der Waals surface area (Å²) >= 11 is 6.29. The SMILES string of the molecule is N#Cc1ccc(NCCNc2nc(C3(c4ccccc4)C=CC(Cl)=CC3)nc3ccccc23)nc1. The molecule has 4 aromatic rings. The number of rotatable bonds is 7. The largest absolute Gasteiger partial charge is 0.368 e. The quantitative estimate of drug-likeness (QED) is 0.327. The van der Waals surface area contributed by atoms with Crippen LogP contribution in [0.1, 0.15) is 23.4 Å². The summed E-state index contributed by atoms with van der Waals surface area (Å²) in [4.78, 5) is 14.3. The molecular weight excluding hydrogens is 456 g/mol. The molecule has 1 atom stereocenters. The molecule has 2 aromatic carbocycles. The number of para-hydroxylation sites is 1. The lowest BCUT2D eigenvalue weighted by molar-refractivity contribution is 0.602. The van der Waals surface area contributed by atoms with Crippen molar-refractivity contribution in [1.82, 2.24) is 15.0 Å². The maximum absolute atomic E-state index is 8.93. The van der Waals surface area contributed by atoms with Crippen LogP contribution in [0.5, 0.6) is 0 Å². The van der Waals surface area contributed by atoms with Crippen LogP contribution in [-0.4, -0.2) is 28.0 Å². The average molecular weight is 479 g/mol. The van der Waals surface area contributed by atoms with Crippen LogP contribution in [0, 0.1) is 11.3 Å². The number of hydrogen-bond donors (Lipinski definition) is 2. The van der Waals surface area contributed by atoms with Crippen molar-refractivity contribution in [3.05, 3.63) is 113 Å². The van der Waals surface area contributed by atoms with Gasteiger partial charge in [-0.2, -0.15) is 5.26 Å². The second-order valence-corrected chi connectivity index (χ2v) is 8.71. The van der Waals surface area contributed by atoms with Crippen LogP contribution in [0.2, 0.25) is 0 Å². The van der Waals surface area contributed by atoms with Crippen molar-refractivity contribution in [2.24, 2.45) is 0 Å². The van der Waals surface area contributed by atoms with Gasteiger partial charge in [0.1, 0.15) is 23.5 Å². The van der Waals surface area contributed by atoms with E-state index in [2.05, 4.69) is 39.9 Å².